The van der Waals surface area contributed by atoms with Gasteiger partial charge in [-0.05, 0) is 36.2 Å². The van der Waals surface area contributed by atoms with Crippen LogP contribution >= 0.6 is 0 Å². The van der Waals surface area contributed by atoms with Crippen molar-refractivity contribution in [2.75, 3.05) is 26.3 Å². The number of phenols is 2. The van der Waals surface area contributed by atoms with E-state index in [1.807, 2.05) is 24.3 Å². The van der Waals surface area contributed by atoms with Gasteiger partial charge in [-0.15, -0.1) is 10.2 Å². The zero-order chi connectivity index (χ0) is 21.3. The lowest BCUT2D eigenvalue weighted by Gasteiger charge is -2.26. The summed E-state index contributed by atoms with van der Waals surface area (Å²) >= 11 is 0. The number of aryl methyl sites for hydroxylation is 1. The van der Waals surface area contributed by atoms with Crippen molar-refractivity contribution in [1.29, 1.82) is 0 Å². The van der Waals surface area contributed by atoms with E-state index in [-0.39, 0.29) is 23.1 Å². The van der Waals surface area contributed by atoms with Gasteiger partial charge in [-0.1, -0.05) is 12.1 Å². The van der Waals surface area contributed by atoms with Gasteiger partial charge in [-0.2, -0.15) is 0 Å². The molecule has 4 N–H and O–H groups in total. The van der Waals surface area contributed by atoms with E-state index in [9.17, 15) is 15.0 Å². The molecule has 30 heavy (non-hydrogen) atoms. The lowest BCUT2D eigenvalue weighted by molar-refractivity contribution is 0.0342. The molecule has 2 aromatic carbocycles. The lowest BCUT2D eigenvalue weighted by Crippen LogP contribution is -2.35. The Hall–Kier alpha value is -3.43. The van der Waals surface area contributed by atoms with Crippen LogP contribution in [-0.2, 0) is 11.3 Å². The van der Waals surface area contributed by atoms with Crippen molar-refractivity contribution < 1.29 is 19.7 Å². The van der Waals surface area contributed by atoms with Crippen molar-refractivity contribution in [2.45, 2.75) is 13.5 Å². The van der Waals surface area contributed by atoms with Crippen LogP contribution in [0, 0.1) is 6.92 Å². The number of rotatable bonds is 5. The molecule has 1 aliphatic rings. The fraction of sp³-hybridized carbons (Fsp3) is 0.286. The number of carbonyl (C=O) groups excluding carboxylic acids is 1. The monoisotopic (exact) mass is 409 g/mol. The summed E-state index contributed by atoms with van der Waals surface area (Å²) in [5.41, 5.74) is 8.16. The maximum Gasteiger partial charge on any atom is 0.287 e. The Balaban J connectivity index is 1.72. The number of amides is 1. The van der Waals surface area contributed by atoms with Crippen LogP contribution in [0.15, 0.2) is 36.4 Å². The van der Waals surface area contributed by atoms with Gasteiger partial charge < -0.3 is 20.7 Å². The maximum atomic E-state index is 12.0. The van der Waals surface area contributed by atoms with E-state index in [0.717, 1.165) is 38.4 Å². The second kappa shape index (κ2) is 8.13. The molecule has 9 heteroatoms. The largest absolute Gasteiger partial charge is 0.508 e. The molecule has 1 fully saturated rings. The molecule has 0 radical (unpaired) electrons. The summed E-state index contributed by atoms with van der Waals surface area (Å²) in [6.45, 7) is 5.76. The zero-order valence-electron chi connectivity index (χ0n) is 16.6. The number of hydrogen-bond donors (Lipinski definition) is 3. The van der Waals surface area contributed by atoms with Gasteiger partial charge in [-0.3, -0.25) is 14.3 Å². The Morgan fingerprint density at radius 2 is 1.80 bits per heavy atom. The first kappa shape index (κ1) is 19.9. The van der Waals surface area contributed by atoms with E-state index >= 15 is 0 Å². The minimum Gasteiger partial charge on any atom is -0.508 e. The highest BCUT2D eigenvalue weighted by molar-refractivity contribution is 5.90. The van der Waals surface area contributed by atoms with Crippen molar-refractivity contribution >= 4 is 5.91 Å². The number of nitrogens with two attached hydrogens (primary N) is 1. The van der Waals surface area contributed by atoms with Crippen molar-refractivity contribution in [1.82, 2.24) is 19.7 Å². The number of morpholine rings is 1. The molecule has 0 atom stereocenters. The maximum absolute atomic E-state index is 12.0. The first-order valence-corrected chi connectivity index (χ1v) is 9.61. The zero-order valence-corrected chi connectivity index (χ0v) is 16.6. The van der Waals surface area contributed by atoms with Crippen LogP contribution in [0.25, 0.3) is 17.1 Å². The Morgan fingerprint density at radius 3 is 2.47 bits per heavy atom. The molecule has 156 valence electrons. The molecule has 0 aliphatic carbocycles. The molecule has 1 aromatic heterocycles. The van der Waals surface area contributed by atoms with Crippen LogP contribution in [0.3, 0.4) is 0 Å². The fourth-order valence-corrected chi connectivity index (χ4v) is 3.50. The average molecular weight is 409 g/mol. The molecule has 1 aliphatic heterocycles. The van der Waals surface area contributed by atoms with Crippen LogP contribution in [0.1, 0.15) is 21.7 Å². The summed E-state index contributed by atoms with van der Waals surface area (Å²) in [7, 11) is 0. The summed E-state index contributed by atoms with van der Waals surface area (Å²) in [5.74, 6) is -0.737. The number of hydrogen-bond acceptors (Lipinski definition) is 7. The van der Waals surface area contributed by atoms with Crippen LogP contribution in [0.5, 0.6) is 11.5 Å². The Morgan fingerprint density at radius 1 is 1.10 bits per heavy atom. The molecule has 1 amide bonds. The van der Waals surface area contributed by atoms with Gasteiger partial charge in [0, 0.05) is 31.4 Å². The van der Waals surface area contributed by atoms with E-state index in [0.29, 0.717) is 16.8 Å². The number of benzene rings is 2. The van der Waals surface area contributed by atoms with Gasteiger partial charge in [0.05, 0.1) is 18.8 Å². The predicted octanol–water partition coefficient (Wildman–Crippen LogP) is 1.59. The highest BCUT2D eigenvalue weighted by atomic mass is 16.5. The molecule has 2 heterocycles. The average Bonchev–Trinajstić information content (AvgIpc) is 3.17. The number of aromatic hydroxyl groups is 2. The Kier molecular flexibility index (Phi) is 5.39. The first-order chi connectivity index (χ1) is 14.4. The molecular weight excluding hydrogens is 386 g/mol. The lowest BCUT2D eigenvalue weighted by atomic mass is 10.1. The molecule has 0 unspecified atom stereocenters. The summed E-state index contributed by atoms with van der Waals surface area (Å²) < 4.78 is 6.89. The van der Waals surface area contributed by atoms with Gasteiger partial charge in [0.1, 0.15) is 11.5 Å². The van der Waals surface area contributed by atoms with E-state index in [1.165, 1.54) is 10.6 Å². The molecule has 0 saturated carbocycles. The normalized spacial score (nSPS) is 14.7. The first-order valence-electron chi connectivity index (χ1n) is 9.61. The predicted molar refractivity (Wildman–Crippen MR) is 109 cm³/mol. The molecule has 0 spiro atoms. The van der Waals surface area contributed by atoms with Crippen molar-refractivity contribution in [2.24, 2.45) is 5.73 Å². The van der Waals surface area contributed by atoms with Gasteiger partial charge in [-0.25, -0.2) is 0 Å². The van der Waals surface area contributed by atoms with Crippen LogP contribution in [0.2, 0.25) is 0 Å². The van der Waals surface area contributed by atoms with E-state index in [4.69, 9.17) is 10.5 Å². The van der Waals surface area contributed by atoms with Crippen molar-refractivity contribution in [3.8, 4) is 28.6 Å². The van der Waals surface area contributed by atoms with Gasteiger partial charge in [0.15, 0.2) is 5.82 Å². The van der Waals surface area contributed by atoms with Crippen LogP contribution in [-0.4, -0.2) is 62.1 Å². The quantitative estimate of drug-likeness (QED) is 0.584. The highest BCUT2D eigenvalue weighted by Crippen LogP contribution is 2.35. The second-order valence-corrected chi connectivity index (χ2v) is 7.26. The van der Waals surface area contributed by atoms with E-state index in [2.05, 4.69) is 15.1 Å². The number of primary amides is 1. The SMILES string of the molecule is Cc1cc(-c2nnc(C(N)=O)n2-c2ccc(CN3CCOCC3)cc2)c(O)cc1O. The Bertz CT molecular complexity index is 1070. The van der Waals surface area contributed by atoms with E-state index < -0.39 is 5.91 Å². The van der Waals surface area contributed by atoms with Crippen molar-refractivity contribution in [3.05, 3.63) is 53.3 Å². The molecule has 9 nitrogen and oxygen atoms in total. The van der Waals surface area contributed by atoms with Gasteiger partial charge in [0.25, 0.3) is 5.91 Å². The number of aromatic nitrogens is 3. The summed E-state index contributed by atoms with van der Waals surface area (Å²) in [6.07, 6.45) is 0. The van der Waals surface area contributed by atoms with Crippen LogP contribution < -0.4 is 5.73 Å². The number of phenolic OH excluding ortho intramolecular Hbond substituents is 2. The second-order valence-electron chi connectivity index (χ2n) is 7.26. The fourth-order valence-electron chi connectivity index (χ4n) is 3.50. The molecule has 1 saturated heterocycles. The van der Waals surface area contributed by atoms with Crippen molar-refractivity contribution in [3.63, 3.8) is 0 Å². The third kappa shape index (κ3) is 3.85. The number of ether oxygens (including phenoxy) is 1. The summed E-state index contributed by atoms with van der Waals surface area (Å²) in [4.78, 5) is 14.3. The minimum absolute atomic E-state index is 0.0371. The molecule has 3 aromatic rings. The Labute approximate surface area is 173 Å². The van der Waals surface area contributed by atoms with Gasteiger partial charge >= 0.3 is 0 Å². The van der Waals surface area contributed by atoms with Gasteiger partial charge in [0.2, 0.25) is 5.82 Å². The summed E-state index contributed by atoms with van der Waals surface area (Å²) in [5, 5.41) is 28.2. The topological polar surface area (TPSA) is 127 Å². The highest BCUT2D eigenvalue weighted by Gasteiger charge is 2.22. The standard InChI is InChI=1S/C21H23N5O4/c1-13-10-16(18(28)11-17(13)27)20-23-24-21(19(22)29)26(20)15-4-2-14(3-5-15)12-25-6-8-30-9-7-25/h2-5,10-11,27-28H,6-9,12H2,1H3,(H2,22,29). The molecule has 4 rings (SSSR count). The van der Waals surface area contributed by atoms with E-state index in [1.54, 1.807) is 13.0 Å². The molecule has 0 bridgehead atoms. The number of carbonyl (C=O) groups is 1. The third-order valence-electron chi connectivity index (χ3n) is 5.14. The minimum atomic E-state index is -0.735. The molecular formula is C21H23N5O4. The smallest absolute Gasteiger partial charge is 0.287 e. The van der Waals surface area contributed by atoms with Crippen LogP contribution in [0.4, 0.5) is 0 Å². The number of nitrogens with zero attached hydrogens (tertiary/aromatic N) is 4. The summed E-state index contributed by atoms with van der Waals surface area (Å²) in [6, 6.07) is 10.5. The third-order valence-corrected chi connectivity index (χ3v) is 5.14.